The molecule has 3 aliphatic rings. The lowest BCUT2D eigenvalue weighted by atomic mass is 9.61. The molecule has 0 aromatic heterocycles. The second-order valence-corrected chi connectivity index (χ2v) is 20.0. The minimum absolute atomic E-state index is 0.141. The third-order valence-electron chi connectivity index (χ3n) is 14.7. The van der Waals surface area contributed by atoms with Gasteiger partial charge in [0.1, 0.15) is 0 Å². The number of nitrogens with zero attached hydrogens (tertiary/aromatic N) is 2. The van der Waals surface area contributed by atoms with Crippen molar-refractivity contribution in [3.8, 4) is 0 Å². The van der Waals surface area contributed by atoms with Crippen LogP contribution in [0.2, 0.25) is 0 Å². The Bertz CT molecular complexity index is 1410. The van der Waals surface area contributed by atoms with Crippen LogP contribution >= 0.6 is 0 Å². The summed E-state index contributed by atoms with van der Waals surface area (Å²) in [4.78, 5) is 73.4. The summed E-state index contributed by atoms with van der Waals surface area (Å²) in [5.74, 6) is 2.36. The van der Waals surface area contributed by atoms with E-state index in [9.17, 15) is 28.8 Å². The second-order valence-electron chi connectivity index (χ2n) is 20.0. The zero-order valence-corrected chi connectivity index (χ0v) is 42.1. The van der Waals surface area contributed by atoms with Crippen LogP contribution in [0.1, 0.15) is 245 Å². The third-order valence-corrected chi connectivity index (χ3v) is 14.7. The number of esters is 2. The maximum Gasteiger partial charge on any atom is 0.305 e. The summed E-state index contributed by atoms with van der Waals surface area (Å²) in [6.45, 7) is 6.49. The molecule has 0 spiro atoms. The van der Waals surface area contributed by atoms with Crippen LogP contribution in [-0.2, 0) is 38.2 Å². The molecule has 1 saturated carbocycles. The topological polar surface area (TPSA) is 127 Å². The summed E-state index contributed by atoms with van der Waals surface area (Å²) in [7, 11) is 0. The summed E-state index contributed by atoms with van der Waals surface area (Å²) >= 11 is 0. The SMILES string of the molecule is CCCCCCC1CCC(CCCCCCCCOC(=O)CCCCCN2C(=O)C=CC2=O)C(CCCCCCCCCCOC(=O)CCCCCN2C(=O)C=CC2=O)C1CCCCCC. The van der Waals surface area contributed by atoms with Crippen LogP contribution in [0.5, 0.6) is 0 Å². The second kappa shape index (κ2) is 36.7. The van der Waals surface area contributed by atoms with Crippen LogP contribution in [0.15, 0.2) is 24.3 Å². The van der Waals surface area contributed by atoms with Gasteiger partial charge in [0.05, 0.1) is 13.2 Å². The molecule has 10 nitrogen and oxygen atoms in total. The van der Waals surface area contributed by atoms with Crippen molar-refractivity contribution in [2.75, 3.05) is 26.3 Å². The predicted molar refractivity (Wildman–Crippen MR) is 265 cm³/mol. The Labute approximate surface area is 401 Å². The van der Waals surface area contributed by atoms with Crippen molar-refractivity contribution in [3.05, 3.63) is 24.3 Å². The molecule has 66 heavy (non-hydrogen) atoms. The summed E-state index contributed by atoms with van der Waals surface area (Å²) in [6.07, 6.45) is 47.1. The predicted octanol–water partition coefficient (Wildman–Crippen LogP) is 13.5. The average molecular weight is 923 g/mol. The van der Waals surface area contributed by atoms with E-state index in [1.807, 2.05) is 0 Å². The monoisotopic (exact) mass is 923 g/mol. The fourth-order valence-corrected chi connectivity index (χ4v) is 10.8. The van der Waals surface area contributed by atoms with Crippen molar-refractivity contribution in [2.24, 2.45) is 23.7 Å². The molecule has 0 bridgehead atoms. The molecule has 2 heterocycles. The summed E-state index contributed by atoms with van der Waals surface area (Å²) < 4.78 is 10.9. The number of rotatable bonds is 42. The molecule has 376 valence electrons. The Morgan fingerprint density at radius 1 is 0.409 bits per heavy atom. The van der Waals surface area contributed by atoms with E-state index < -0.39 is 0 Å². The van der Waals surface area contributed by atoms with Gasteiger partial charge in [0, 0.05) is 50.2 Å². The number of amides is 4. The maximum atomic E-state index is 12.2. The van der Waals surface area contributed by atoms with E-state index in [0.29, 0.717) is 52.0 Å². The van der Waals surface area contributed by atoms with E-state index in [2.05, 4.69) is 13.8 Å². The van der Waals surface area contributed by atoms with E-state index in [-0.39, 0.29) is 35.6 Å². The van der Waals surface area contributed by atoms with Crippen molar-refractivity contribution in [3.63, 3.8) is 0 Å². The van der Waals surface area contributed by atoms with E-state index in [4.69, 9.17) is 9.47 Å². The standard InChI is InChI=1S/C56H94N2O8/c1-3-5-7-21-31-47-37-38-48(32-22-15-12-14-18-30-46-66-56(64)36-26-20-28-44-58-53(61)41-42-54(58)62)50(49(47)33-23-8-6-4-2)34-24-16-11-9-10-13-17-29-45-65-55(63)35-25-19-27-43-57-51(59)39-40-52(57)60/h39-42,47-50H,3-38,43-46H2,1-2H3. The molecule has 0 N–H and O–H groups in total. The van der Waals surface area contributed by atoms with Crippen molar-refractivity contribution in [1.82, 2.24) is 9.80 Å². The molecule has 2 aliphatic heterocycles. The molecule has 10 heteroatoms. The molecule has 0 aromatic rings. The number of ether oxygens (including phenoxy) is 2. The smallest absolute Gasteiger partial charge is 0.305 e. The maximum absolute atomic E-state index is 12.2. The molecular formula is C56H94N2O8. The lowest BCUT2D eigenvalue weighted by molar-refractivity contribution is -0.144. The lowest BCUT2D eigenvalue weighted by Crippen LogP contribution is -2.35. The van der Waals surface area contributed by atoms with Gasteiger partial charge in [0.25, 0.3) is 23.6 Å². The number of carbonyl (C=O) groups is 6. The lowest BCUT2D eigenvalue weighted by Gasteiger charge is -2.44. The Hall–Kier alpha value is -3.30. The first-order chi connectivity index (χ1) is 32.2. The van der Waals surface area contributed by atoms with Gasteiger partial charge < -0.3 is 9.47 Å². The van der Waals surface area contributed by atoms with E-state index in [1.54, 1.807) is 0 Å². The first-order valence-corrected chi connectivity index (χ1v) is 27.6. The molecule has 4 amide bonds. The number of imide groups is 2. The number of hydrogen-bond donors (Lipinski definition) is 0. The van der Waals surface area contributed by atoms with E-state index in [0.717, 1.165) is 75.0 Å². The highest BCUT2D eigenvalue weighted by Crippen LogP contribution is 2.48. The molecule has 0 radical (unpaired) electrons. The fourth-order valence-electron chi connectivity index (χ4n) is 10.8. The Morgan fingerprint density at radius 2 is 0.712 bits per heavy atom. The number of unbranched alkanes of at least 4 members (excludes halogenated alkanes) is 22. The average Bonchev–Trinajstić information content (AvgIpc) is 3.81. The van der Waals surface area contributed by atoms with Gasteiger partial charge in [-0.15, -0.1) is 0 Å². The van der Waals surface area contributed by atoms with Crippen molar-refractivity contribution in [2.45, 2.75) is 245 Å². The van der Waals surface area contributed by atoms with Crippen LogP contribution in [0.3, 0.4) is 0 Å². The van der Waals surface area contributed by atoms with Gasteiger partial charge in [0.2, 0.25) is 0 Å². The summed E-state index contributed by atoms with van der Waals surface area (Å²) in [5.41, 5.74) is 0. The summed E-state index contributed by atoms with van der Waals surface area (Å²) in [6, 6.07) is 0. The number of hydrogen-bond acceptors (Lipinski definition) is 8. The molecule has 0 saturated heterocycles. The normalized spacial score (nSPS) is 19.5. The molecule has 0 aromatic carbocycles. The molecule has 4 atom stereocenters. The fraction of sp³-hybridized carbons (Fsp3) is 0.821. The Balaban J connectivity index is 1.27. The van der Waals surface area contributed by atoms with Crippen LogP contribution in [0.25, 0.3) is 0 Å². The largest absolute Gasteiger partial charge is 0.466 e. The van der Waals surface area contributed by atoms with E-state index in [1.165, 1.54) is 188 Å². The van der Waals surface area contributed by atoms with Gasteiger partial charge >= 0.3 is 11.9 Å². The van der Waals surface area contributed by atoms with Gasteiger partial charge in [-0.05, 0) is 87.9 Å². The van der Waals surface area contributed by atoms with E-state index >= 15 is 0 Å². The minimum atomic E-state index is -0.246. The first kappa shape index (κ1) is 57.0. The van der Waals surface area contributed by atoms with Crippen LogP contribution in [-0.4, -0.2) is 71.7 Å². The van der Waals surface area contributed by atoms with Crippen molar-refractivity contribution >= 4 is 35.6 Å². The zero-order valence-electron chi connectivity index (χ0n) is 42.1. The first-order valence-electron chi connectivity index (χ1n) is 27.6. The van der Waals surface area contributed by atoms with Crippen molar-refractivity contribution in [1.29, 1.82) is 0 Å². The molecule has 1 aliphatic carbocycles. The van der Waals surface area contributed by atoms with Gasteiger partial charge in [-0.3, -0.25) is 38.6 Å². The van der Waals surface area contributed by atoms with Gasteiger partial charge in [-0.25, -0.2) is 0 Å². The minimum Gasteiger partial charge on any atom is -0.466 e. The molecule has 4 unspecified atom stereocenters. The van der Waals surface area contributed by atoms with Gasteiger partial charge in [0.15, 0.2) is 0 Å². The highest BCUT2D eigenvalue weighted by atomic mass is 16.5. The number of carbonyl (C=O) groups excluding carboxylic acids is 6. The quantitative estimate of drug-likeness (QED) is 0.0336. The highest BCUT2D eigenvalue weighted by Gasteiger charge is 2.37. The van der Waals surface area contributed by atoms with Crippen LogP contribution in [0.4, 0.5) is 0 Å². The zero-order chi connectivity index (χ0) is 47.5. The van der Waals surface area contributed by atoms with Crippen LogP contribution in [0, 0.1) is 23.7 Å². The molecule has 3 rings (SSSR count). The van der Waals surface area contributed by atoms with Gasteiger partial charge in [-0.2, -0.15) is 0 Å². The third kappa shape index (κ3) is 24.6. The molecular weight excluding hydrogens is 829 g/mol. The Kier molecular flexibility index (Phi) is 31.7. The molecule has 1 fully saturated rings. The Morgan fingerprint density at radius 3 is 1.08 bits per heavy atom. The van der Waals surface area contributed by atoms with Gasteiger partial charge in [-0.1, -0.05) is 168 Å². The van der Waals surface area contributed by atoms with Crippen molar-refractivity contribution < 1.29 is 38.2 Å². The highest BCUT2D eigenvalue weighted by molar-refractivity contribution is 6.13. The van der Waals surface area contributed by atoms with Crippen LogP contribution < -0.4 is 0 Å². The summed E-state index contributed by atoms with van der Waals surface area (Å²) in [5, 5.41) is 0.